The van der Waals surface area contributed by atoms with Gasteiger partial charge in [-0.1, -0.05) is 48.5 Å². The minimum Gasteiger partial charge on any atom is -0.478 e. The SMILES string of the molecule is O=C(NCC1=NCC(C(=O)O)O1)OCC1c2ccccc2-c2ccccc21. The maximum absolute atomic E-state index is 12.0. The molecule has 138 valence electrons. The third-order valence-electron chi connectivity index (χ3n) is 4.71. The van der Waals surface area contributed by atoms with Gasteiger partial charge in [-0.25, -0.2) is 14.6 Å². The molecule has 1 aliphatic heterocycles. The zero-order valence-corrected chi connectivity index (χ0v) is 14.4. The summed E-state index contributed by atoms with van der Waals surface area (Å²) >= 11 is 0. The minimum atomic E-state index is -1.07. The lowest BCUT2D eigenvalue weighted by Crippen LogP contribution is -2.33. The van der Waals surface area contributed by atoms with Crippen molar-refractivity contribution in [2.24, 2.45) is 4.99 Å². The first-order valence-electron chi connectivity index (χ1n) is 8.65. The highest BCUT2D eigenvalue weighted by molar-refractivity contribution is 5.87. The van der Waals surface area contributed by atoms with Crippen LogP contribution in [0, 0.1) is 0 Å². The second-order valence-electron chi connectivity index (χ2n) is 6.36. The summed E-state index contributed by atoms with van der Waals surface area (Å²) in [7, 11) is 0. The van der Waals surface area contributed by atoms with E-state index in [0.29, 0.717) is 0 Å². The Kier molecular flexibility index (Phi) is 4.50. The first kappa shape index (κ1) is 17.1. The van der Waals surface area contributed by atoms with Gasteiger partial charge in [-0.15, -0.1) is 0 Å². The number of nitrogens with one attached hydrogen (secondary N) is 1. The van der Waals surface area contributed by atoms with Crippen LogP contribution >= 0.6 is 0 Å². The second kappa shape index (κ2) is 7.11. The molecule has 2 N–H and O–H groups in total. The highest BCUT2D eigenvalue weighted by atomic mass is 16.6. The van der Waals surface area contributed by atoms with Gasteiger partial charge >= 0.3 is 12.1 Å². The summed E-state index contributed by atoms with van der Waals surface area (Å²) in [6.07, 6.45) is -1.58. The summed E-state index contributed by atoms with van der Waals surface area (Å²) in [6.45, 7) is 0.266. The van der Waals surface area contributed by atoms with Gasteiger partial charge in [0.05, 0.1) is 13.1 Å². The summed E-state index contributed by atoms with van der Waals surface area (Å²) in [5, 5.41) is 11.4. The number of benzene rings is 2. The zero-order valence-electron chi connectivity index (χ0n) is 14.4. The van der Waals surface area contributed by atoms with E-state index in [9.17, 15) is 9.59 Å². The number of carbonyl (C=O) groups is 2. The molecule has 27 heavy (non-hydrogen) atoms. The molecule has 1 unspecified atom stereocenters. The lowest BCUT2D eigenvalue weighted by atomic mass is 9.98. The van der Waals surface area contributed by atoms with Crippen molar-refractivity contribution in [1.82, 2.24) is 5.32 Å². The molecule has 0 radical (unpaired) electrons. The smallest absolute Gasteiger partial charge is 0.407 e. The molecule has 0 bridgehead atoms. The predicted molar refractivity (Wildman–Crippen MR) is 97.9 cm³/mol. The molecule has 0 aromatic heterocycles. The largest absolute Gasteiger partial charge is 0.478 e. The molecule has 2 aromatic carbocycles. The van der Waals surface area contributed by atoms with Crippen LogP contribution in [0.1, 0.15) is 17.0 Å². The molecule has 0 fully saturated rings. The van der Waals surface area contributed by atoms with Gasteiger partial charge in [-0.05, 0) is 22.3 Å². The Morgan fingerprint density at radius 3 is 2.33 bits per heavy atom. The summed E-state index contributed by atoms with van der Waals surface area (Å²) in [6, 6.07) is 16.2. The number of nitrogens with zero attached hydrogens (tertiary/aromatic N) is 1. The molecule has 7 heteroatoms. The van der Waals surface area contributed by atoms with Crippen LogP contribution in [0.4, 0.5) is 4.79 Å². The van der Waals surface area contributed by atoms with E-state index in [1.807, 2.05) is 24.3 Å². The number of fused-ring (bicyclic) bond motifs is 3. The Balaban J connectivity index is 1.35. The van der Waals surface area contributed by atoms with Crippen molar-refractivity contribution in [3.8, 4) is 11.1 Å². The van der Waals surface area contributed by atoms with Crippen molar-refractivity contribution in [1.29, 1.82) is 0 Å². The van der Waals surface area contributed by atoms with Crippen LogP contribution in [0.3, 0.4) is 0 Å². The van der Waals surface area contributed by atoms with E-state index in [1.165, 1.54) is 0 Å². The highest BCUT2D eigenvalue weighted by Crippen LogP contribution is 2.44. The van der Waals surface area contributed by atoms with Crippen molar-refractivity contribution in [2.45, 2.75) is 12.0 Å². The summed E-state index contributed by atoms with van der Waals surface area (Å²) in [5.74, 6) is -0.898. The van der Waals surface area contributed by atoms with Crippen molar-refractivity contribution in [2.75, 3.05) is 19.7 Å². The van der Waals surface area contributed by atoms with Crippen LogP contribution in [-0.2, 0) is 14.3 Å². The number of carboxylic acid groups (broad SMARTS) is 1. The van der Waals surface area contributed by atoms with E-state index in [2.05, 4.69) is 34.6 Å². The van der Waals surface area contributed by atoms with E-state index in [0.717, 1.165) is 22.3 Å². The van der Waals surface area contributed by atoms with Gasteiger partial charge in [0.2, 0.25) is 12.0 Å². The standard InChI is InChI=1S/C20H18N2O5/c23-19(24)17-9-21-18(27-17)10-22-20(25)26-11-16-14-7-3-1-5-12(14)13-6-2-4-8-15(13)16/h1-8,16-17H,9-11H2,(H,22,25)(H,23,24). The number of aliphatic carboxylic acids is 1. The number of aliphatic imine (C=N–C) groups is 1. The fraction of sp³-hybridized carbons (Fsp3) is 0.250. The average molecular weight is 366 g/mol. The summed E-state index contributed by atoms with van der Waals surface area (Å²) < 4.78 is 10.5. The number of alkyl carbamates (subject to hydrolysis) is 1. The third-order valence-corrected chi connectivity index (χ3v) is 4.71. The maximum Gasteiger partial charge on any atom is 0.407 e. The molecular weight excluding hydrogens is 348 g/mol. The fourth-order valence-electron chi connectivity index (χ4n) is 3.45. The normalized spacial score (nSPS) is 17.5. The van der Waals surface area contributed by atoms with E-state index < -0.39 is 18.2 Å². The van der Waals surface area contributed by atoms with Crippen LogP contribution in [-0.4, -0.2) is 48.9 Å². The van der Waals surface area contributed by atoms with E-state index in [-0.39, 0.29) is 31.5 Å². The number of carboxylic acids is 1. The Labute approximate surface area is 155 Å². The fourth-order valence-corrected chi connectivity index (χ4v) is 3.45. The molecule has 7 nitrogen and oxygen atoms in total. The second-order valence-corrected chi connectivity index (χ2v) is 6.36. The van der Waals surface area contributed by atoms with Crippen molar-refractivity contribution in [3.63, 3.8) is 0 Å². The lowest BCUT2D eigenvalue weighted by Gasteiger charge is -2.14. The van der Waals surface area contributed by atoms with Crippen LogP contribution < -0.4 is 5.32 Å². The molecule has 1 amide bonds. The van der Waals surface area contributed by atoms with Crippen LogP contribution in [0.5, 0.6) is 0 Å². The minimum absolute atomic E-state index is 0.000450. The molecule has 2 aliphatic rings. The average Bonchev–Trinajstić information content (AvgIpc) is 3.28. The molecule has 1 heterocycles. The van der Waals surface area contributed by atoms with Gasteiger partial charge in [-0.3, -0.25) is 0 Å². The summed E-state index contributed by atoms with van der Waals surface area (Å²) in [5.41, 5.74) is 4.60. The Morgan fingerprint density at radius 2 is 1.74 bits per heavy atom. The topological polar surface area (TPSA) is 97.2 Å². The highest BCUT2D eigenvalue weighted by Gasteiger charge is 2.29. The van der Waals surface area contributed by atoms with Crippen LogP contribution in [0.2, 0.25) is 0 Å². The zero-order chi connectivity index (χ0) is 18.8. The number of rotatable bonds is 5. The first-order chi connectivity index (χ1) is 13.1. The molecule has 0 saturated heterocycles. The molecule has 1 aliphatic carbocycles. The number of amides is 1. The van der Waals surface area contributed by atoms with Gasteiger partial charge in [0, 0.05) is 5.92 Å². The molecule has 1 atom stereocenters. The van der Waals surface area contributed by atoms with Gasteiger partial charge in [-0.2, -0.15) is 0 Å². The number of hydrogen-bond donors (Lipinski definition) is 2. The maximum atomic E-state index is 12.0. The Bertz CT molecular complexity index is 879. The third kappa shape index (κ3) is 3.36. The lowest BCUT2D eigenvalue weighted by molar-refractivity contribution is -0.144. The Hall–Kier alpha value is -3.35. The predicted octanol–water partition coefficient (Wildman–Crippen LogP) is 2.41. The quantitative estimate of drug-likeness (QED) is 0.847. The summed E-state index contributed by atoms with van der Waals surface area (Å²) in [4.78, 5) is 26.8. The number of ether oxygens (including phenoxy) is 2. The van der Waals surface area contributed by atoms with E-state index >= 15 is 0 Å². The van der Waals surface area contributed by atoms with Gasteiger partial charge in [0.15, 0.2) is 0 Å². The van der Waals surface area contributed by atoms with E-state index in [4.69, 9.17) is 14.6 Å². The van der Waals surface area contributed by atoms with Gasteiger partial charge in [0.1, 0.15) is 6.61 Å². The number of carbonyl (C=O) groups excluding carboxylic acids is 1. The van der Waals surface area contributed by atoms with Crippen molar-refractivity contribution in [3.05, 3.63) is 59.7 Å². The first-order valence-corrected chi connectivity index (χ1v) is 8.65. The number of hydrogen-bond acceptors (Lipinski definition) is 5. The van der Waals surface area contributed by atoms with Gasteiger partial charge in [0.25, 0.3) is 0 Å². The van der Waals surface area contributed by atoms with Crippen LogP contribution in [0.15, 0.2) is 53.5 Å². The molecule has 0 saturated carbocycles. The molecule has 0 spiro atoms. The molecular formula is C20H18N2O5. The molecule has 4 rings (SSSR count). The molecule has 2 aromatic rings. The Morgan fingerprint density at radius 1 is 1.11 bits per heavy atom. The van der Waals surface area contributed by atoms with E-state index in [1.54, 1.807) is 0 Å². The van der Waals surface area contributed by atoms with Crippen molar-refractivity contribution >= 4 is 18.0 Å². The monoisotopic (exact) mass is 366 g/mol. The van der Waals surface area contributed by atoms with Gasteiger partial charge < -0.3 is 19.9 Å². The van der Waals surface area contributed by atoms with Crippen LogP contribution in [0.25, 0.3) is 11.1 Å². The van der Waals surface area contributed by atoms with Crippen molar-refractivity contribution < 1.29 is 24.2 Å².